The van der Waals surface area contributed by atoms with Crippen molar-refractivity contribution in [3.63, 3.8) is 0 Å². The number of ether oxygens (including phenoxy) is 2. The summed E-state index contributed by atoms with van der Waals surface area (Å²) in [5.41, 5.74) is 7.06. The Hall–Kier alpha value is -1.56. The molecule has 6 heteroatoms. The predicted octanol–water partition coefficient (Wildman–Crippen LogP) is 1.53. The highest BCUT2D eigenvalue weighted by Crippen LogP contribution is 2.16. The first-order chi connectivity index (χ1) is 8.93. The van der Waals surface area contributed by atoms with Gasteiger partial charge in [0.2, 0.25) is 0 Å². The summed E-state index contributed by atoms with van der Waals surface area (Å²) < 4.78 is 11.9. The monoisotopic (exact) mass is 269 g/mol. The van der Waals surface area contributed by atoms with Crippen LogP contribution in [0.1, 0.15) is 36.5 Å². The first-order valence-corrected chi connectivity index (χ1v) is 6.47. The summed E-state index contributed by atoms with van der Waals surface area (Å²) in [7, 11) is 1.67. The molecule has 0 spiro atoms. The van der Waals surface area contributed by atoms with Gasteiger partial charge in [0, 0.05) is 13.7 Å². The van der Waals surface area contributed by atoms with Crippen LogP contribution in [0.3, 0.4) is 0 Å². The number of nitrogen functional groups attached to an aromatic ring is 1. The maximum Gasteiger partial charge on any atom is 0.358 e. The van der Waals surface area contributed by atoms with E-state index in [1.54, 1.807) is 14.0 Å². The zero-order valence-electron chi connectivity index (χ0n) is 12.1. The summed E-state index contributed by atoms with van der Waals surface area (Å²) in [6, 6.07) is 0. The summed E-state index contributed by atoms with van der Waals surface area (Å²) >= 11 is 0. The van der Waals surface area contributed by atoms with Crippen molar-refractivity contribution in [2.45, 2.75) is 27.2 Å². The molecule has 0 aromatic carbocycles. The lowest BCUT2D eigenvalue weighted by Crippen LogP contribution is -2.16. The lowest BCUT2D eigenvalue weighted by Gasteiger charge is -2.08. The second kappa shape index (κ2) is 7.13. The Labute approximate surface area is 113 Å². The maximum absolute atomic E-state index is 11.8. The van der Waals surface area contributed by atoms with Gasteiger partial charge in [-0.2, -0.15) is 5.10 Å². The molecule has 1 rings (SSSR count). The molecular weight excluding hydrogens is 246 g/mol. The minimum Gasteiger partial charge on any atom is -0.458 e. The quantitative estimate of drug-likeness (QED) is 0.600. The molecule has 1 heterocycles. The van der Waals surface area contributed by atoms with E-state index in [1.807, 2.05) is 0 Å². The average molecular weight is 269 g/mol. The van der Waals surface area contributed by atoms with E-state index in [0.29, 0.717) is 36.2 Å². The highest BCUT2D eigenvalue weighted by molar-refractivity contribution is 5.93. The molecule has 0 aliphatic heterocycles. The normalized spacial score (nSPS) is 11.0. The molecule has 0 saturated heterocycles. The van der Waals surface area contributed by atoms with Crippen molar-refractivity contribution in [1.29, 1.82) is 0 Å². The fourth-order valence-corrected chi connectivity index (χ4v) is 1.60. The highest BCUT2D eigenvalue weighted by Gasteiger charge is 2.18. The Morgan fingerprint density at radius 1 is 1.37 bits per heavy atom. The number of hydrogen-bond acceptors (Lipinski definition) is 5. The second-order valence-electron chi connectivity index (χ2n) is 4.90. The van der Waals surface area contributed by atoms with Crippen LogP contribution in [0.4, 0.5) is 5.69 Å². The van der Waals surface area contributed by atoms with Crippen molar-refractivity contribution in [1.82, 2.24) is 9.78 Å². The lowest BCUT2D eigenvalue weighted by molar-refractivity contribution is 0.0294. The second-order valence-corrected chi connectivity index (χ2v) is 4.90. The molecule has 1 aromatic rings. The van der Waals surface area contributed by atoms with Crippen molar-refractivity contribution in [2.24, 2.45) is 13.0 Å². The van der Waals surface area contributed by atoms with Gasteiger partial charge in [-0.25, -0.2) is 4.79 Å². The van der Waals surface area contributed by atoms with Crippen LogP contribution in [0.15, 0.2) is 0 Å². The van der Waals surface area contributed by atoms with E-state index in [4.69, 9.17) is 15.2 Å². The standard InChI is InChI=1S/C13H23N3O3/c1-9(2)5-6-18-7-8-19-13(17)12-11(14)10(3)15-16(12)4/h9H,5-8,14H2,1-4H3. The van der Waals surface area contributed by atoms with Crippen LogP contribution in [0.25, 0.3) is 0 Å². The minimum atomic E-state index is -0.465. The molecule has 2 N–H and O–H groups in total. The summed E-state index contributed by atoms with van der Waals surface area (Å²) in [4.78, 5) is 11.8. The van der Waals surface area contributed by atoms with Gasteiger partial charge >= 0.3 is 5.97 Å². The molecule has 0 saturated carbocycles. The maximum atomic E-state index is 11.8. The van der Waals surface area contributed by atoms with E-state index in [9.17, 15) is 4.79 Å². The van der Waals surface area contributed by atoms with Crippen LogP contribution in [0.2, 0.25) is 0 Å². The summed E-state index contributed by atoms with van der Waals surface area (Å²) in [6.07, 6.45) is 1.00. The first kappa shape index (κ1) is 15.5. The molecule has 19 heavy (non-hydrogen) atoms. The zero-order valence-corrected chi connectivity index (χ0v) is 12.1. The van der Waals surface area contributed by atoms with Gasteiger partial charge in [-0.1, -0.05) is 13.8 Å². The van der Waals surface area contributed by atoms with Gasteiger partial charge in [0.15, 0.2) is 5.69 Å². The van der Waals surface area contributed by atoms with Gasteiger partial charge in [-0.15, -0.1) is 0 Å². The summed E-state index contributed by atoms with van der Waals surface area (Å²) in [6.45, 7) is 7.33. The Bertz CT molecular complexity index is 427. The highest BCUT2D eigenvalue weighted by atomic mass is 16.6. The number of rotatable bonds is 7. The largest absolute Gasteiger partial charge is 0.458 e. The number of nitrogens with zero attached hydrogens (tertiary/aromatic N) is 2. The predicted molar refractivity (Wildman–Crippen MR) is 72.9 cm³/mol. The van der Waals surface area contributed by atoms with Crippen LogP contribution < -0.4 is 5.73 Å². The van der Waals surface area contributed by atoms with E-state index in [1.165, 1.54) is 4.68 Å². The number of aromatic nitrogens is 2. The number of hydrogen-bond donors (Lipinski definition) is 1. The number of aryl methyl sites for hydroxylation is 2. The molecule has 1 aromatic heterocycles. The third-order valence-electron chi connectivity index (χ3n) is 2.76. The average Bonchev–Trinajstić information content (AvgIpc) is 2.57. The van der Waals surface area contributed by atoms with E-state index < -0.39 is 5.97 Å². The Morgan fingerprint density at radius 2 is 2.05 bits per heavy atom. The first-order valence-electron chi connectivity index (χ1n) is 6.47. The molecule has 0 radical (unpaired) electrons. The SMILES string of the molecule is Cc1nn(C)c(C(=O)OCCOCCC(C)C)c1N. The fourth-order valence-electron chi connectivity index (χ4n) is 1.60. The Morgan fingerprint density at radius 3 is 2.58 bits per heavy atom. The van der Waals surface area contributed by atoms with Crippen LogP contribution in [-0.2, 0) is 16.5 Å². The van der Waals surface area contributed by atoms with Crippen LogP contribution in [0, 0.1) is 12.8 Å². The molecular formula is C13H23N3O3. The third kappa shape index (κ3) is 4.55. The molecule has 0 unspecified atom stereocenters. The summed E-state index contributed by atoms with van der Waals surface area (Å²) in [5, 5.41) is 4.07. The van der Waals surface area contributed by atoms with Crippen molar-refractivity contribution < 1.29 is 14.3 Å². The molecule has 0 aliphatic rings. The summed E-state index contributed by atoms with van der Waals surface area (Å²) in [5.74, 6) is 0.146. The number of carbonyl (C=O) groups excluding carboxylic acids is 1. The number of nitrogens with two attached hydrogens (primary N) is 1. The van der Waals surface area contributed by atoms with Gasteiger partial charge in [0.05, 0.1) is 18.0 Å². The van der Waals surface area contributed by atoms with Gasteiger partial charge < -0.3 is 15.2 Å². The Balaban J connectivity index is 2.32. The smallest absolute Gasteiger partial charge is 0.358 e. The third-order valence-corrected chi connectivity index (χ3v) is 2.76. The number of esters is 1. The molecule has 0 fully saturated rings. The van der Waals surface area contributed by atoms with Crippen LogP contribution >= 0.6 is 0 Å². The van der Waals surface area contributed by atoms with Crippen molar-refractivity contribution in [3.8, 4) is 0 Å². The molecule has 0 aliphatic carbocycles. The lowest BCUT2D eigenvalue weighted by atomic mass is 10.1. The van der Waals surface area contributed by atoms with Crippen LogP contribution in [-0.4, -0.2) is 35.6 Å². The minimum absolute atomic E-state index is 0.223. The molecule has 108 valence electrons. The van der Waals surface area contributed by atoms with E-state index in [2.05, 4.69) is 18.9 Å². The fraction of sp³-hybridized carbons (Fsp3) is 0.692. The van der Waals surface area contributed by atoms with Gasteiger partial charge in [-0.05, 0) is 19.3 Å². The number of carbonyl (C=O) groups is 1. The number of anilines is 1. The van der Waals surface area contributed by atoms with Gasteiger partial charge in [0.1, 0.15) is 6.61 Å². The van der Waals surface area contributed by atoms with Crippen molar-refractivity contribution >= 4 is 11.7 Å². The van der Waals surface area contributed by atoms with Gasteiger partial charge in [-0.3, -0.25) is 4.68 Å². The Kier molecular flexibility index (Phi) is 5.82. The van der Waals surface area contributed by atoms with Crippen molar-refractivity contribution in [2.75, 3.05) is 25.6 Å². The van der Waals surface area contributed by atoms with E-state index in [-0.39, 0.29) is 6.61 Å². The van der Waals surface area contributed by atoms with Gasteiger partial charge in [0.25, 0.3) is 0 Å². The molecule has 6 nitrogen and oxygen atoms in total. The molecule has 0 bridgehead atoms. The topological polar surface area (TPSA) is 79.4 Å². The molecule has 0 amide bonds. The van der Waals surface area contributed by atoms with Crippen LogP contribution in [0.5, 0.6) is 0 Å². The van der Waals surface area contributed by atoms with E-state index >= 15 is 0 Å². The van der Waals surface area contributed by atoms with Crippen molar-refractivity contribution in [3.05, 3.63) is 11.4 Å². The zero-order chi connectivity index (χ0) is 14.4. The van der Waals surface area contributed by atoms with E-state index in [0.717, 1.165) is 6.42 Å². The molecule has 0 atom stereocenters.